The second kappa shape index (κ2) is 8.99. The molecule has 9 aromatic rings. The Morgan fingerprint density at radius 2 is 0.667 bits per heavy atom. The summed E-state index contributed by atoms with van der Waals surface area (Å²) in [6.45, 7) is 0. The first-order valence-electron chi connectivity index (χ1n) is 14.5. The second-order valence-corrected chi connectivity index (χ2v) is 11.1. The first-order chi connectivity index (χ1) is 20.8. The molecule has 9 rings (SSSR count). The molecule has 0 aliphatic carbocycles. The summed E-state index contributed by atoms with van der Waals surface area (Å²) in [4.78, 5) is 4.99. The first-order valence-corrected chi connectivity index (χ1v) is 14.5. The Kier molecular flexibility index (Phi) is 4.97. The van der Waals surface area contributed by atoms with Gasteiger partial charge >= 0.3 is 0 Å². The summed E-state index contributed by atoms with van der Waals surface area (Å²) in [5, 5.41) is 15.3. The van der Waals surface area contributed by atoms with Crippen molar-refractivity contribution in [3.8, 4) is 22.4 Å². The van der Waals surface area contributed by atoms with Crippen molar-refractivity contribution in [1.82, 2.24) is 4.98 Å². The van der Waals surface area contributed by atoms with Crippen LogP contribution in [0.5, 0.6) is 0 Å². The Morgan fingerprint density at radius 1 is 0.262 bits per heavy atom. The quantitative estimate of drug-likeness (QED) is 0.202. The average Bonchev–Trinajstić information content (AvgIpc) is 3.08. The van der Waals surface area contributed by atoms with Crippen LogP contribution in [0.2, 0.25) is 0 Å². The molecule has 0 N–H and O–H groups in total. The minimum absolute atomic E-state index is 0.988. The lowest BCUT2D eigenvalue weighted by Gasteiger charge is -2.13. The molecule has 1 heterocycles. The van der Waals surface area contributed by atoms with Crippen LogP contribution in [0, 0.1) is 0 Å². The van der Waals surface area contributed by atoms with E-state index in [1.54, 1.807) is 0 Å². The van der Waals surface area contributed by atoms with Crippen molar-refractivity contribution < 1.29 is 0 Å². The summed E-state index contributed by atoms with van der Waals surface area (Å²) < 4.78 is 0. The minimum atomic E-state index is 0.988. The van der Waals surface area contributed by atoms with Gasteiger partial charge in [0, 0.05) is 17.1 Å². The molecule has 1 aromatic heterocycles. The molecule has 42 heavy (non-hydrogen) atoms. The molecule has 0 amide bonds. The van der Waals surface area contributed by atoms with Gasteiger partial charge in [0.15, 0.2) is 0 Å². The summed E-state index contributed by atoms with van der Waals surface area (Å²) in [6, 6.07) is 52.8. The van der Waals surface area contributed by atoms with E-state index in [9.17, 15) is 0 Å². The highest BCUT2D eigenvalue weighted by Crippen LogP contribution is 2.39. The maximum atomic E-state index is 4.99. The third-order valence-electron chi connectivity index (χ3n) is 8.86. The fourth-order valence-electron chi connectivity index (χ4n) is 6.90. The number of hydrogen-bond acceptors (Lipinski definition) is 1. The number of benzene rings is 8. The maximum Gasteiger partial charge on any atom is 0.0708 e. The largest absolute Gasteiger partial charge is 0.256 e. The molecule has 0 bridgehead atoms. The lowest BCUT2D eigenvalue weighted by molar-refractivity contribution is 1.36. The molecule has 0 radical (unpaired) electrons. The lowest BCUT2D eigenvalue weighted by Crippen LogP contribution is -1.89. The third-order valence-corrected chi connectivity index (χ3v) is 8.86. The van der Waals surface area contributed by atoms with E-state index in [1.165, 1.54) is 75.8 Å². The van der Waals surface area contributed by atoms with Crippen molar-refractivity contribution in [2.45, 2.75) is 0 Å². The molecule has 1 nitrogen and oxygen atoms in total. The summed E-state index contributed by atoms with van der Waals surface area (Å²) >= 11 is 0. The monoisotopic (exact) mass is 531 g/mol. The molecule has 194 valence electrons. The van der Waals surface area contributed by atoms with Gasteiger partial charge in [-0.2, -0.15) is 0 Å². The molecule has 0 saturated heterocycles. The van der Waals surface area contributed by atoms with Gasteiger partial charge in [-0.25, -0.2) is 0 Å². The highest BCUT2D eigenvalue weighted by atomic mass is 14.7. The van der Waals surface area contributed by atoms with Crippen LogP contribution in [-0.4, -0.2) is 4.98 Å². The number of rotatable bonds is 2. The molecule has 0 aliphatic rings. The Labute approximate surface area is 243 Å². The van der Waals surface area contributed by atoms with Crippen LogP contribution in [0.25, 0.3) is 87.0 Å². The van der Waals surface area contributed by atoms with Crippen molar-refractivity contribution in [1.29, 1.82) is 0 Å². The number of aromatic nitrogens is 1. The standard InChI is InChI=1S/C41H25N/c1-2-16-33-29(12-1)30-13-3-6-17-34(30)38-23-27(20-21-37(33)38)26-10-9-11-28(22-26)41-24-39-35-18-7-4-14-31(35)32-15-5-8-19-36(32)40(39)25-42-41/h1-25H. The van der Waals surface area contributed by atoms with Crippen LogP contribution in [0.3, 0.4) is 0 Å². The average molecular weight is 532 g/mol. The van der Waals surface area contributed by atoms with E-state index in [0.29, 0.717) is 0 Å². The second-order valence-electron chi connectivity index (χ2n) is 11.1. The van der Waals surface area contributed by atoms with E-state index in [2.05, 4.69) is 152 Å². The van der Waals surface area contributed by atoms with E-state index >= 15 is 0 Å². The number of nitrogens with zero attached hydrogens (tertiary/aromatic N) is 1. The predicted octanol–water partition coefficient (Wildman–Crippen LogP) is 11.3. The maximum absolute atomic E-state index is 4.99. The van der Waals surface area contributed by atoms with Gasteiger partial charge in [-0.15, -0.1) is 0 Å². The Morgan fingerprint density at radius 3 is 1.21 bits per heavy atom. The van der Waals surface area contributed by atoms with Gasteiger partial charge < -0.3 is 0 Å². The summed E-state index contributed by atoms with van der Waals surface area (Å²) in [5.74, 6) is 0. The summed E-state index contributed by atoms with van der Waals surface area (Å²) in [7, 11) is 0. The number of fused-ring (bicyclic) bond motifs is 12. The zero-order valence-electron chi connectivity index (χ0n) is 22.9. The van der Waals surface area contributed by atoms with Crippen molar-refractivity contribution in [3.63, 3.8) is 0 Å². The zero-order valence-corrected chi connectivity index (χ0v) is 22.9. The molecular formula is C41H25N. The van der Waals surface area contributed by atoms with E-state index in [4.69, 9.17) is 4.98 Å². The van der Waals surface area contributed by atoms with Crippen LogP contribution in [-0.2, 0) is 0 Å². The van der Waals surface area contributed by atoms with Crippen molar-refractivity contribution in [2.75, 3.05) is 0 Å². The molecule has 0 fully saturated rings. The van der Waals surface area contributed by atoms with E-state index in [1.807, 2.05) is 0 Å². The van der Waals surface area contributed by atoms with Gasteiger partial charge in [-0.1, -0.05) is 127 Å². The van der Waals surface area contributed by atoms with Gasteiger partial charge in [-0.05, 0) is 88.6 Å². The van der Waals surface area contributed by atoms with Crippen LogP contribution in [0.15, 0.2) is 152 Å². The zero-order chi connectivity index (χ0) is 27.6. The molecule has 0 aliphatic heterocycles. The van der Waals surface area contributed by atoms with Crippen molar-refractivity contribution >= 4 is 64.6 Å². The molecule has 1 heteroatoms. The predicted molar refractivity (Wildman–Crippen MR) is 180 cm³/mol. The van der Waals surface area contributed by atoms with Crippen LogP contribution < -0.4 is 0 Å². The Bertz CT molecular complexity index is 2280. The fraction of sp³-hybridized carbons (Fsp3) is 0. The van der Waals surface area contributed by atoms with Crippen LogP contribution >= 0.6 is 0 Å². The normalized spacial score (nSPS) is 11.8. The van der Waals surface area contributed by atoms with Gasteiger partial charge in [-0.3, -0.25) is 4.98 Å². The summed E-state index contributed by atoms with van der Waals surface area (Å²) in [6.07, 6.45) is 2.05. The Hall–Kier alpha value is -5.53. The Balaban J connectivity index is 1.23. The van der Waals surface area contributed by atoms with Crippen LogP contribution in [0.4, 0.5) is 0 Å². The molecule has 8 aromatic carbocycles. The van der Waals surface area contributed by atoms with E-state index < -0.39 is 0 Å². The highest BCUT2D eigenvalue weighted by molar-refractivity contribution is 6.26. The van der Waals surface area contributed by atoms with Crippen molar-refractivity contribution in [2.24, 2.45) is 0 Å². The SMILES string of the molecule is c1cc(-c2ccc3c4ccccc4c4ccccc4c3c2)cc(-c2cc3c4ccccc4c4ccccc4c3cn2)c1. The molecule has 0 saturated carbocycles. The van der Waals surface area contributed by atoms with Gasteiger partial charge in [0.25, 0.3) is 0 Å². The number of pyridine rings is 1. The fourth-order valence-corrected chi connectivity index (χ4v) is 6.90. The smallest absolute Gasteiger partial charge is 0.0708 e. The molecule has 0 atom stereocenters. The molecular weight excluding hydrogens is 506 g/mol. The first kappa shape index (κ1) is 23.2. The van der Waals surface area contributed by atoms with Gasteiger partial charge in [0.2, 0.25) is 0 Å². The van der Waals surface area contributed by atoms with E-state index in [-0.39, 0.29) is 0 Å². The van der Waals surface area contributed by atoms with Crippen molar-refractivity contribution in [3.05, 3.63) is 152 Å². The highest BCUT2D eigenvalue weighted by Gasteiger charge is 2.12. The lowest BCUT2D eigenvalue weighted by atomic mass is 9.91. The van der Waals surface area contributed by atoms with Crippen LogP contribution in [0.1, 0.15) is 0 Å². The topological polar surface area (TPSA) is 12.9 Å². The molecule has 0 spiro atoms. The number of hydrogen-bond donors (Lipinski definition) is 0. The summed E-state index contributed by atoms with van der Waals surface area (Å²) in [5.41, 5.74) is 4.51. The third kappa shape index (κ3) is 3.41. The molecule has 0 unspecified atom stereocenters. The van der Waals surface area contributed by atoms with Gasteiger partial charge in [0.1, 0.15) is 0 Å². The van der Waals surface area contributed by atoms with Gasteiger partial charge in [0.05, 0.1) is 5.69 Å². The van der Waals surface area contributed by atoms with E-state index in [0.717, 1.165) is 11.3 Å². The minimum Gasteiger partial charge on any atom is -0.256 e.